The molecule has 0 unspecified atom stereocenters. The molecule has 30 heavy (non-hydrogen) atoms. The SMILES string of the molecule is COC[C@H](C)n1c(S[C@H](C)C(=O)Nc2ncc(Cl)cc2Cl)nc2ccccc2c1=O. The molecule has 0 radical (unpaired) electrons. The van der Waals surface area contributed by atoms with Crippen LogP contribution in [-0.4, -0.2) is 39.4 Å². The van der Waals surface area contributed by atoms with E-state index >= 15 is 0 Å². The summed E-state index contributed by atoms with van der Waals surface area (Å²) in [5.41, 5.74) is 0.392. The molecule has 0 spiro atoms. The number of para-hydroxylation sites is 1. The molecule has 0 aliphatic heterocycles. The van der Waals surface area contributed by atoms with Crippen molar-refractivity contribution < 1.29 is 9.53 Å². The van der Waals surface area contributed by atoms with E-state index in [4.69, 9.17) is 27.9 Å². The predicted molar refractivity (Wildman–Crippen MR) is 121 cm³/mol. The number of halogens is 2. The summed E-state index contributed by atoms with van der Waals surface area (Å²) < 4.78 is 6.79. The van der Waals surface area contributed by atoms with Crippen molar-refractivity contribution in [1.82, 2.24) is 14.5 Å². The number of thioether (sulfide) groups is 1. The molecule has 1 amide bonds. The minimum Gasteiger partial charge on any atom is -0.383 e. The zero-order valence-corrected chi connectivity index (χ0v) is 18.9. The number of anilines is 1. The molecular formula is C20H20Cl2N4O3S. The highest BCUT2D eigenvalue weighted by atomic mass is 35.5. The number of aromatic nitrogens is 3. The summed E-state index contributed by atoms with van der Waals surface area (Å²) in [4.78, 5) is 34.5. The fraction of sp³-hybridized carbons (Fsp3) is 0.300. The first-order valence-electron chi connectivity index (χ1n) is 9.10. The van der Waals surface area contributed by atoms with Crippen molar-refractivity contribution in [2.24, 2.45) is 0 Å². The second kappa shape index (κ2) is 9.78. The number of nitrogens with one attached hydrogen (secondary N) is 1. The molecule has 0 aliphatic carbocycles. The Morgan fingerprint density at radius 2 is 2.03 bits per heavy atom. The third-order valence-corrected chi connectivity index (χ3v) is 5.89. The molecular weight excluding hydrogens is 447 g/mol. The Kier molecular flexibility index (Phi) is 7.36. The van der Waals surface area contributed by atoms with Gasteiger partial charge in [-0.25, -0.2) is 9.97 Å². The van der Waals surface area contributed by atoms with Crippen LogP contribution >= 0.6 is 35.0 Å². The normalized spacial score (nSPS) is 13.2. The van der Waals surface area contributed by atoms with Crippen molar-refractivity contribution in [3.05, 3.63) is 56.9 Å². The highest BCUT2D eigenvalue weighted by Crippen LogP contribution is 2.27. The van der Waals surface area contributed by atoms with Crippen LogP contribution in [0.15, 0.2) is 46.5 Å². The van der Waals surface area contributed by atoms with Gasteiger partial charge in [-0.1, -0.05) is 47.1 Å². The average molecular weight is 467 g/mol. The fourth-order valence-corrected chi connectivity index (χ4v) is 4.29. The lowest BCUT2D eigenvalue weighted by Gasteiger charge is -2.20. The number of methoxy groups -OCH3 is 1. The van der Waals surface area contributed by atoms with Gasteiger partial charge in [-0.3, -0.25) is 14.2 Å². The first-order chi connectivity index (χ1) is 14.3. The van der Waals surface area contributed by atoms with E-state index in [1.165, 1.54) is 24.0 Å². The summed E-state index contributed by atoms with van der Waals surface area (Å²) in [7, 11) is 1.57. The number of nitrogens with zero attached hydrogens (tertiary/aromatic N) is 3. The lowest BCUT2D eigenvalue weighted by atomic mass is 10.2. The number of carbonyl (C=O) groups is 1. The van der Waals surface area contributed by atoms with Crippen LogP contribution in [0.25, 0.3) is 10.9 Å². The summed E-state index contributed by atoms with van der Waals surface area (Å²) in [6.45, 7) is 3.92. The third kappa shape index (κ3) is 4.95. The quantitative estimate of drug-likeness (QED) is 0.409. The van der Waals surface area contributed by atoms with Crippen LogP contribution in [0, 0.1) is 0 Å². The average Bonchev–Trinajstić information content (AvgIpc) is 2.70. The number of rotatable bonds is 7. The topological polar surface area (TPSA) is 86.1 Å². The Morgan fingerprint density at radius 3 is 2.73 bits per heavy atom. The van der Waals surface area contributed by atoms with Crippen molar-refractivity contribution in [2.45, 2.75) is 30.3 Å². The highest BCUT2D eigenvalue weighted by molar-refractivity contribution is 8.00. The maximum Gasteiger partial charge on any atom is 0.262 e. The van der Waals surface area contributed by atoms with Crippen molar-refractivity contribution in [3.63, 3.8) is 0 Å². The summed E-state index contributed by atoms with van der Waals surface area (Å²) in [5.74, 6) is -0.111. The molecule has 10 heteroatoms. The van der Waals surface area contributed by atoms with Gasteiger partial charge in [0.1, 0.15) is 0 Å². The molecule has 0 saturated heterocycles. The minimum atomic E-state index is -0.576. The van der Waals surface area contributed by atoms with Gasteiger partial charge in [0.15, 0.2) is 11.0 Å². The summed E-state index contributed by atoms with van der Waals surface area (Å²) in [6, 6.07) is 8.36. The molecule has 2 atom stereocenters. The van der Waals surface area contributed by atoms with Gasteiger partial charge in [-0.05, 0) is 32.0 Å². The fourth-order valence-electron chi connectivity index (χ4n) is 2.85. The molecule has 2 aromatic heterocycles. The van der Waals surface area contributed by atoms with Crippen LogP contribution in [0.4, 0.5) is 5.82 Å². The number of carbonyl (C=O) groups excluding carboxylic acids is 1. The van der Waals surface area contributed by atoms with Gasteiger partial charge in [0.05, 0.1) is 38.8 Å². The Balaban J connectivity index is 1.92. The number of pyridine rings is 1. The summed E-state index contributed by atoms with van der Waals surface area (Å²) >= 11 is 13.1. The number of amides is 1. The Morgan fingerprint density at radius 1 is 1.30 bits per heavy atom. The lowest BCUT2D eigenvalue weighted by molar-refractivity contribution is -0.115. The maximum absolute atomic E-state index is 13.1. The zero-order chi connectivity index (χ0) is 21.8. The molecule has 1 aromatic carbocycles. The number of ether oxygens (including phenoxy) is 1. The molecule has 3 aromatic rings. The molecule has 1 N–H and O–H groups in total. The molecule has 0 aliphatic rings. The van der Waals surface area contributed by atoms with E-state index in [9.17, 15) is 9.59 Å². The van der Waals surface area contributed by atoms with Crippen molar-refractivity contribution >= 4 is 57.6 Å². The van der Waals surface area contributed by atoms with Crippen LogP contribution in [0.3, 0.4) is 0 Å². The van der Waals surface area contributed by atoms with Gasteiger partial charge < -0.3 is 10.1 Å². The first kappa shape index (κ1) is 22.6. The number of fused-ring (bicyclic) bond motifs is 1. The van der Waals surface area contributed by atoms with Gasteiger partial charge in [-0.2, -0.15) is 0 Å². The third-order valence-electron chi connectivity index (χ3n) is 4.32. The first-order valence-corrected chi connectivity index (χ1v) is 10.7. The van der Waals surface area contributed by atoms with Gasteiger partial charge in [0.2, 0.25) is 5.91 Å². The summed E-state index contributed by atoms with van der Waals surface area (Å²) in [5, 5.41) is 3.66. The zero-order valence-electron chi connectivity index (χ0n) is 16.6. The number of hydrogen-bond acceptors (Lipinski definition) is 6. The molecule has 7 nitrogen and oxygen atoms in total. The smallest absolute Gasteiger partial charge is 0.262 e. The predicted octanol–water partition coefficient (Wildman–Crippen LogP) is 4.43. The molecule has 3 rings (SSSR count). The van der Waals surface area contributed by atoms with E-state index in [1.54, 1.807) is 36.8 Å². The van der Waals surface area contributed by atoms with Crippen LogP contribution in [0.5, 0.6) is 0 Å². The van der Waals surface area contributed by atoms with Gasteiger partial charge >= 0.3 is 0 Å². The maximum atomic E-state index is 13.1. The number of benzene rings is 1. The molecule has 158 valence electrons. The van der Waals surface area contributed by atoms with Gasteiger partial charge in [0, 0.05) is 13.3 Å². The Labute approximate surface area is 187 Å². The van der Waals surface area contributed by atoms with Gasteiger partial charge in [0.25, 0.3) is 5.56 Å². The van der Waals surface area contributed by atoms with Gasteiger partial charge in [-0.15, -0.1) is 0 Å². The van der Waals surface area contributed by atoms with E-state index in [-0.39, 0.29) is 28.3 Å². The van der Waals surface area contributed by atoms with Crippen LogP contribution < -0.4 is 10.9 Å². The van der Waals surface area contributed by atoms with Crippen LogP contribution in [0.1, 0.15) is 19.9 Å². The van der Waals surface area contributed by atoms with E-state index in [0.717, 1.165) is 0 Å². The highest BCUT2D eigenvalue weighted by Gasteiger charge is 2.22. The molecule has 0 saturated carbocycles. The minimum absolute atomic E-state index is 0.178. The van der Waals surface area contributed by atoms with E-state index in [1.807, 2.05) is 13.0 Å². The van der Waals surface area contributed by atoms with Crippen LogP contribution in [0.2, 0.25) is 10.0 Å². The van der Waals surface area contributed by atoms with Crippen molar-refractivity contribution in [3.8, 4) is 0 Å². The standard InChI is InChI=1S/C20H20Cl2N4O3S/c1-11(10-29-3)26-19(28)14-6-4-5-7-16(14)24-20(26)30-12(2)18(27)25-17-15(22)8-13(21)9-23-17/h4-9,11-12H,10H2,1-3H3,(H,23,25,27)/t11-,12+/m0/s1. The van der Waals surface area contributed by atoms with E-state index in [2.05, 4.69) is 15.3 Å². The molecule has 2 heterocycles. The second-order valence-electron chi connectivity index (χ2n) is 6.62. The van der Waals surface area contributed by atoms with Crippen molar-refractivity contribution in [2.75, 3.05) is 19.0 Å². The van der Waals surface area contributed by atoms with E-state index < -0.39 is 5.25 Å². The lowest BCUT2D eigenvalue weighted by Crippen LogP contribution is -2.30. The second-order valence-corrected chi connectivity index (χ2v) is 8.78. The summed E-state index contributed by atoms with van der Waals surface area (Å²) in [6.07, 6.45) is 1.40. The molecule has 0 fully saturated rings. The Bertz CT molecular complexity index is 1140. The van der Waals surface area contributed by atoms with Crippen LogP contribution in [-0.2, 0) is 9.53 Å². The Hall–Kier alpha value is -2.13. The number of hydrogen-bond donors (Lipinski definition) is 1. The molecule has 0 bridgehead atoms. The largest absolute Gasteiger partial charge is 0.383 e. The van der Waals surface area contributed by atoms with E-state index in [0.29, 0.717) is 27.7 Å². The monoisotopic (exact) mass is 466 g/mol. The van der Waals surface area contributed by atoms with Crippen molar-refractivity contribution in [1.29, 1.82) is 0 Å².